The number of nitrogen functional groups attached to an aromatic ring is 1. The lowest BCUT2D eigenvalue weighted by atomic mass is 10.1. The van der Waals surface area contributed by atoms with E-state index in [0.717, 1.165) is 6.42 Å². The van der Waals surface area contributed by atoms with Crippen LogP contribution in [0, 0.1) is 5.92 Å². The van der Waals surface area contributed by atoms with Crippen molar-refractivity contribution in [2.24, 2.45) is 5.92 Å². The molecule has 2 unspecified atom stereocenters. The van der Waals surface area contributed by atoms with E-state index >= 15 is 0 Å². The highest BCUT2D eigenvalue weighted by atomic mass is 16.3. The third kappa shape index (κ3) is 2.71. The molecule has 0 amide bonds. The number of rotatable bonds is 3. The first kappa shape index (κ1) is 16.0. The average molecular weight is 329 g/mol. The van der Waals surface area contributed by atoms with Crippen LogP contribution in [-0.2, 0) is 0 Å². The number of hydrogen-bond acceptors (Lipinski definition) is 8. The van der Waals surface area contributed by atoms with Crippen LogP contribution in [0.25, 0.3) is 22.7 Å². The Balaban J connectivity index is 0.000000815. The van der Waals surface area contributed by atoms with Crippen molar-refractivity contribution in [2.75, 3.05) is 12.3 Å². The van der Waals surface area contributed by atoms with Gasteiger partial charge in [-0.2, -0.15) is 10.2 Å². The van der Waals surface area contributed by atoms with Gasteiger partial charge in [0.25, 0.3) is 0 Å². The van der Waals surface area contributed by atoms with Gasteiger partial charge < -0.3 is 15.4 Å². The summed E-state index contributed by atoms with van der Waals surface area (Å²) in [6.45, 7) is 4.13. The Morgan fingerprint density at radius 1 is 1.33 bits per heavy atom. The van der Waals surface area contributed by atoms with Crippen molar-refractivity contribution in [3.63, 3.8) is 0 Å². The Kier molecular flexibility index (Phi) is 4.47. The number of nitrogens with zero attached hydrogens (tertiary/aromatic N) is 7. The molecule has 4 rings (SSSR count). The Hall–Kier alpha value is -2.88. The van der Waals surface area contributed by atoms with E-state index in [0.29, 0.717) is 22.7 Å². The maximum Gasteiger partial charge on any atom is 0.225 e. The number of aromatic amines is 1. The normalized spacial score (nSPS) is 19.5. The third-order valence-electron chi connectivity index (χ3n) is 3.74. The second kappa shape index (κ2) is 6.71. The second-order valence-electron chi connectivity index (χ2n) is 5.12. The highest BCUT2D eigenvalue weighted by Gasteiger charge is 2.24. The Morgan fingerprint density at radius 3 is 2.83 bits per heavy atom. The number of tetrazole rings is 1. The maximum absolute atomic E-state index is 9.26. The number of nitrogens with two attached hydrogens (primary N) is 1. The summed E-state index contributed by atoms with van der Waals surface area (Å²) in [5.41, 5.74) is 7.42. The van der Waals surface area contributed by atoms with Crippen molar-refractivity contribution in [2.45, 2.75) is 26.3 Å². The summed E-state index contributed by atoms with van der Waals surface area (Å²) in [4.78, 5) is 12.8. The summed E-state index contributed by atoms with van der Waals surface area (Å²) in [5.74, 6) is 0.590. The lowest BCUT2D eigenvalue weighted by molar-refractivity contribution is 0.244. The van der Waals surface area contributed by atoms with E-state index in [1.54, 1.807) is 6.33 Å². The van der Waals surface area contributed by atoms with Crippen LogP contribution in [-0.4, -0.2) is 51.9 Å². The molecule has 0 saturated heterocycles. The van der Waals surface area contributed by atoms with Gasteiger partial charge >= 0.3 is 0 Å². The van der Waals surface area contributed by atoms with E-state index in [4.69, 9.17) is 5.73 Å². The van der Waals surface area contributed by atoms with E-state index in [1.807, 2.05) is 30.6 Å². The SMILES string of the molecule is CC.Nc1nc(-c2nn[nH]n2)c2ncn(C3C=CC(CO)C3)c2n1. The predicted molar refractivity (Wildman–Crippen MR) is 87.6 cm³/mol. The van der Waals surface area contributed by atoms with Crippen LogP contribution in [0.1, 0.15) is 26.3 Å². The van der Waals surface area contributed by atoms with E-state index in [2.05, 4.69) is 35.6 Å². The molecule has 1 aliphatic rings. The fraction of sp³-hybridized carbons (Fsp3) is 0.429. The standard InChI is InChI=1S/C12H13N9O.C2H6/c13-12-15-8(10-17-19-20-18-10)9-11(16-12)21(5-14-9)7-2-1-6(3-7)4-22;1-2/h1-2,5-7,22H,3-4H2,(H2,13,15,16)(H,17,18,19,20);1-2H3. The molecular weight excluding hydrogens is 310 g/mol. The van der Waals surface area contributed by atoms with Gasteiger partial charge in [0.2, 0.25) is 11.8 Å². The van der Waals surface area contributed by atoms with Gasteiger partial charge in [-0.25, -0.2) is 9.97 Å². The molecule has 10 heteroatoms. The van der Waals surface area contributed by atoms with Gasteiger partial charge in [-0.1, -0.05) is 26.0 Å². The van der Waals surface area contributed by atoms with Crippen LogP contribution in [0.4, 0.5) is 5.95 Å². The monoisotopic (exact) mass is 329 g/mol. The first-order valence-electron chi connectivity index (χ1n) is 7.79. The van der Waals surface area contributed by atoms with Crippen molar-refractivity contribution in [3.8, 4) is 11.5 Å². The quantitative estimate of drug-likeness (QED) is 0.596. The van der Waals surface area contributed by atoms with Crippen molar-refractivity contribution in [3.05, 3.63) is 18.5 Å². The minimum absolute atomic E-state index is 0.0783. The second-order valence-corrected chi connectivity index (χ2v) is 5.12. The first-order chi connectivity index (χ1) is 11.8. The molecule has 3 heterocycles. The van der Waals surface area contributed by atoms with Crippen LogP contribution in [0.3, 0.4) is 0 Å². The summed E-state index contributed by atoms with van der Waals surface area (Å²) in [5, 5.41) is 23.0. The molecular formula is C14H19N9O. The summed E-state index contributed by atoms with van der Waals surface area (Å²) >= 11 is 0. The van der Waals surface area contributed by atoms with Gasteiger partial charge in [-0.05, 0) is 11.6 Å². The average Bonchev–Trinajstić information content (AvgIpc) is 3.35. The van der Waals surface area contributed by atoms with Gasteiger partial charge in [-0.15, -0.1) is 10.2 Å². The topological polar surface area (TPSA) is 144 Å². The number of aliphatic hydroxyl groups is 1. The van der Waals surface area contributed by atoms with E-state index in [9.17, 15) is 5.11 Å². The van der Waals surface area contributed by atoms with Crippen LogP contribution in [0.15, 0.2) is 18.5 Å². The van der Waals surface area contributed by atoms with Gasteiger partial charge in [0.05, 0.1) is 12.4 Å². The molecule has 0 aliphatic heterocycles. The number of fused-ring (bicyclic) bond motifs is 1. The summed E-state index contributed by atoms with van der Waals surface area (Å²) in [6.07, 6.45) is 6.52. The molecule has 0 aromatic carbocycles. The first-order valence-corrected chi connectivity index (χ1v) is 7.79. The lowest BCUT2D eigenvalue weighted by Gasteiger charge is -2.12. The summed E-state index contributed by atoms with van der Waals surface area (Å²) < 4.78 is 1.92. The smallest absolute Gasteiger partial charge is 0.225 e. The molecule has 0 saturated carbocycles. The molecule has 10 nitrogen and oxygen atoms in total. The van der Waals surface area contributed by atoms with Crippen LogP contribution in [0.2, 0.25) is 0 Å². The van der Waals surface area contributed by atoms with E-state index in [1.165, 1.54) is 0 Å². The lowest BCUT2D eigenvalue weighted by Crippen LogP contribution is -2.09. The highest BCUT2D eigenvalue weighted by Crippen LogP contribution is 2.31. The molecule has 3 aromatic rings. The summed E-state index contributed by atoms with van der Waals surface area (Å²) in [7, 11) is 0. The molecule has 2 atom stereocenters. The number of H-pyrrole nitrogens is 1. The van der Waals surface area contributed by atoms with Crippen molar-refractivity contribution in [1.82, 2.24) is 40.1 Å². The number of allylic oxidation sites excluding steroid dienone is 1. The zero-order valence-corrected chi connectivity index (χ0v) is 13.5. The number of nitrogens with one attached hydrogen (secondary N) is 1. The molecule has 0 bridgehead atoms. The highest BCUT2D eigenvalue weighted by molar-refractivity contribution is 5.86. The molecule has 24 heavy (non-hydrogen) atoms. The fourth-order valence-electron chi connectivity index (χ4n) is 2.69. The van der Waals surface area contributed by atoms with Gasteiger partial charge in [0.15, 0.2) is 5.65 Å². The molecule has 0 radical (unpaired) electrons. The van der Waals surface area contributed by atoms with Crippen molar-refractivity contribution < 1.29 is 5.11 Å². The molecule has 0 fully saturated rings. The number of aromatic nitrogens is 8. The largest absolute Gasteiger partial charge is 0.396 e. The van der Waals surface area contributed by atoms with Crippen molar-refractivity contribution in [1.29, 1.82) is 0 Å². The minimum atomic E-state index is 0.0783. The number of aliphatic hydroxyl groups excluding tert-OH is 1. The Bertz CT molecular complexity index is 839. The molecule has 126 valence electrons. The minimum Gasteiger partial charge on any atom is -0.396 e. The zero-order chi connectivity index (χ0) is 17.1. The third-order valence-corrected chi connectivity index (χ3v) is 3.74. The Labute approximate surface area is 137 Å². The van der Waals surface area contributed by atoms with E-state index in [-0.39, 0.29) is 24.5 Å². The number of anilines is 1. The molecule has 3 aromatic heterocycles. The molecule has 4 N–H and O–H groups in total. The van der Waals surface area contributed by atoms with Gasteiger partial charge in [0, 0.05) is 12.5 Å². The molecule has 1 aliphatic carbocycles. The predicted octanol–water partition coefficient (Wildman–Crippen LogP) is 0.724. The van der Waals surface area contributed by atoms with E-state index < -0.39 is 0 Å². The Morgan fingerprint density at radius 2 is 2.17 bits per heavy atom. The maximum atomic E-state index is 9.26. The zero-order valence-electron chi connectivity index (χ0n) is 13.5. The molecule has 0 spiro atoms. The van der Waals surface area contributed by atoms with Gasteiger partial charge in [0.1, 0.15) is 11.2 Å². The number of hydrogen-bond donors (Lipinski definition) is 3. The van der Waals surface area contributed by atoms with Gasteiger partial charge in [-0.3, -0.25) is 0 Å². The van der Waals surface area contributed by atoms with Crippen LogP contribution < -0.4 is 5.73 Å². The fourth-order valence-corrected chi connectivity index (χ4v) is 2.69. The number of imidazole rings is 1. The summed E-state index contributed by atoms with van der Waals surface area (Å²) in [6, 6.07) is 0.0783. The van der Waals surface area contributed by atoms with Crippen LogP contribution >= 0.6 is 0 Å². The van der Waals surface area contributed by atoms with Crippen LogP contribution in [0.5, 0.6) is 0 Å². The van der Waals surface area contributed by atoms with Crippen molar-refractivity contribution >= 4 is 17.1 Å².